The van der Waals surface area contributed by atoms with E-state index in [0.717, 1.165) is 6.42 Å². The van der Waals surface area contributed by atoms with Crippen LogP contribution in [0.1, 0.15) is 63.9 Å². The van der Waals surface area contributed by atoms with Crippen molar-refractivity contribution in [2.75, 3.05) is 20.5 Å². The minimum atomic E-state index is -0.952. The summed E-state index contributed by atoms with van der Waals surface area (Å²) in [5.74, 6) is -1.23. The van der Waals surface area contributed by atoms with Gasteiger partial charge in [0, 0.05) is 18.9 Å². The number of aromatic nitrogens is 1. The second kappa shape index (κ2) is 15.8. The normalized spacial score (nSPS) is 21.1. The van der Waals surface area contributed by atoms with Gasteiger partial charge in [0.2, 0.25) is 6.79 Å². The van der Waals surface area contributed by atoms with Crippen molar-refractivity contribution in [3.05, 3.63) is 48.3 Å². The number of benzene rings is 1. The van der Waals surface area contributed by atoms with Crippen molar-refractivity contribution in [1.82, 2.24) is 10.3 Å². The average molecular weight is 573 g/mol. The third-order valence-electron chi connectivity index (χ3n) is 6.43. The van der Waals surface area contributed by atoms with E-state index in [4.69, 9.17) is 28.4 Å². The molecule has 0 aliphatic carbocycles. The maximum absolute atomic E-state index is 13.4. The zero-order valence-electron chi connectivity index (χ0n) is 24.3. The number of carbonyl (C=O) groups is 3. The molecule has 1 aliphatic heterocycles. The number of methoxy groups -OCH3 is 1. The molecular weight excluding hydrogens is 532 g/mol. The molecule has 11 nitrogen and oxygen atoms in total. The number of carbonyl (C=O) groups excluding carboxylic acids is 3. The van der Waals surface area contributed by atoms with Gasteiger partial charge in [0.05, 0.1) is 19.1 Å². The Morgan fingerprint density at radius 3 is 2.59 bits per heavy atom. The molecule has 0 radical (unpaired) electrons. The number of nitrogens with one attached hydrogen (secondary N) is 1. The molecule has 11 heteroatoms. The van der Waals surface area contributed by atoms with Crippen LogP contribution in [0.15, 0.2) is 42.6 Å². The molecule has 1 N–H and O–H groups in total. The molecule has 1 saturated heterocycles. The molecular formula is C30H40N2O9. The number of rotatable bonds is 12. The summed E-state index contributed by atoms with van der Waals surface area (Å²) >= 11 is 0. The van der Waals surface area contributed by atoms with E-state index in [1.165, 1.54) is 19.4 Å². The van der Waals surface area contributed by atoms with Crippen LogP contribution < -0.4 is 19.5 Å². The predicted octanol–water partition coefficient (Wildman–Crippen LogP) is 4.08. The van der Waals surface area contributed by atoms with Gasteiger partial charge in [-0.05, 0) is 44.7 Å². The minimum absolute atomic E-state index is 0.0155. The van der Waals surface area contributed by atoms with E-state index in [9.17, 15) is 14.4 Å². The van der Waals surface area contributed by atoms with Gasteiger partial charge in [-0.25, -0.2) is 9.78 Å². The fourth-order valence-electron chi connectivity index (χ4n) is 4.28. The summed E-state index contributed by atoms with van der Waals surface area (Å²) < 4.78 is 34.2. The van der Waals surface area contributed by atoms with Crippen molar-refractivity contribution in [2.45, 2.75) is 77.7 Å². The van der Waals surface area contributed by atoms with Crippen LogP contribution in [0.25, 0.3) is 0 Å². The maximum Gasteiger partial charge on any atom is 0.329 e. The number of esters is 2. The molecule has 1 aliphatic rings. The minimum Gasteiger partial charge on any atom is -0.493 e. The number of cyclic esters (lactones) is 1. The van der Waals surface area contributed by atoms with Crippen molar-refractivity contribution in [3.63, 3.8) is 0 Å². The van der Waals surface area contributed by atoms with Gasteiger partial charge >= 0.3 is 11.9 Å². The number of hydrogen-bond donors (Lipinski definition) is 1. The SMILES string of the molecule is CCCO[C@H]1CCC[C@H](NC(=O)c2nccc(OC)c2OCOC(=O)C(C)C)C(=O)O[C@@H](C)[C@@H]1Oc1ccccc1. The standard InChI is InChI=1S/C30H40N2O9/c1-6-17-37-24-14-10-13-22(30(35)40-20(4)26(24)41-21-11-8-7-9-12-21)32-28(33)25-27(23(36-5)15-16-31-25)38-18-39-29(34)19(2)3/h7-9,11-12,15-16,19-20,22,24,26H,6,10,13-14,17-18H2,1-5H3,(H,32,33)/t20-,22-,24-,26-/m0/s1. The van der Waals surface area contributed by atoms with Crippen molar-refractivity contribution in [1.29, 1.82) is 0 Å². The van der Waals surface area contributed by atoms with Gasteiger partial charge in [0.15, 0.2) is 23.3 Å². The first-order valence-corrected chi connectivity index (χ1v) is 13.9. The number of nitrogens with zero attached hydrogens (tertiary/aromatic N) is 1. The molecule has 224 valence electrons. The first kappa shape index (κ1) is 31.7. The Bertz CT molecular complexity index is 1140. The number of pyridine rings is 1. The molecule has 1 amide bonds. The summed E-state index contributed by atoms with van der Waals surface area (Å²) in [6.45, 7) is 7.26. The fraction of sp³-hybridized carbons (Fsp3) is 0.533. The van der Waals surface area contributed by atoms with Crippen molar-refractivity contribution in [3.8, 4) is 17.2 Å². The first-order valence-electron chi connectivity index (χ1n) is 13.9. The van der Waals surface area contributed by atoms with Crippen LogP contribution in [-0.4, -0.2) is 67.7 Å². The van der Waals surface area contributed by atoms with Gasteiger partial charge in [-0.2, -0.15) is 0 Å². The summed E-state index contributed by atoms with van der Waals surface area (Å²) in [6.07, 6.45) is 2.16. The fourth-order valence-corrected chi connectivity index (χ4v) is 4.28. The Hall–Kier alpha value is -3.86. The van der Waals surface area contributed by atoms with E-state index >= 15 is 0 Å². The quantitative estimate of drug-likeness (QED) is 0.293. The van der Waals surface area contributed by atoms with E-state index in [1.807, 2.05) is 37.3 Å². The van der Waals surface area contributed by atoms with E-state index < -0.39 is 42.9 Å². The molecule has 2 heterocycles. The molecule has 41 heavy (non-hydrogen) atoms. The molecule has 0 saturated carbocycles. The molecule has 3 rings (SSSR count). The van der Waals surface area contributed by atoms with Gasteiger partial charge in [-0.1, -0.05) is 39.0 Å². The highest BCUT2D eigenvalue weighted by atomic mass is 16.7. The molecule has 0 bridgehead atoms. The van der Waals surface area contributed by atoms with Crippen molar-refractivity contribution >= 4 is 17.8 Å². The van der Waals surface area contributed by atoms with Crippen LogP contribution in [0.3, 0.4) is 0 Å². The Balaban J connectivity index is 1.76. The number of amides is 1. The highest BCUT2D eigenvalue weighted by Crippen LogP contribution is 2.30. The van der Waals surface area contributed by atoms with Crippen molar-refractivity contribution < 1.29 is 42.8 Å². The van der Waals surface area contributed by atoms with Crippen LogP contribution >= 0.6 is 0 Å². The molecule has 0 unspecified atom stereocenters. The Morgan fingerprint density at radius 1 is 1.15 bits per heavy atom. The second-order valence-electron chi connectivity index (χ2n) is 9.97. The monoisotopic (exact) mass is 572 g/mol. The van der Waals surface area contributed by atoms with Gasteiger partial charge in [0.25, 0.3) is 5.91 Å². The largest absolute Gasteiger partial charge is 0.493 e. The zero-order chi connectivity index (χ0) is 29.8. The predicted molar refractivity (Wildman–Crippen MR) is 149 cm³/mol. The summed E-state index contributed by atoms with van der Waals surface area (Å²) in [6, 6.07) is 9.87. The summed E-state index contributed by atoms with van der Waals surface area (Å²) in [7, 11) is 1.41. The van der Waals surface area contributed by atoms with E-state index in [0.29, 0.717) is 31.6 Å². The van der Waals surface area contributed by atoms with Crippen LogP contribution in [0.5, 0.6) is 17.2 Å². The van der Waals surface area contributed by atoms with Crippen LogP contribution in [0.4, 0.5) is 0 Å². The van der Waals surface area contributed by atoms with Gasteiger partial charge in [-0.3, -0.25) is 9.59 Å². The molecule has 1 aromatic carbocycles. The van der Waals surface area contributed by atoms with E-state index in [1.54, 1.807) is 20.8 Å². The molecule has 4 atom stereocenters. The second-order valence-corrected chi connectivity index (χ2v) is 9.97. The maximum atomic E-state index is 13.4. The van der Waals surface area contributed by atoms with E-state index in [2.05, 4.69) is 10.3 Å². The third kappa shape index (κ3) is 9.07. The first-order chi connectivity index (χ1) is 19.7. The van der Waals surface area contributed by atoms with Crippen LogP contribution in [0.2, 0.25) is 0 Å². The molecule has 1 fully saturated rings. The average Bonchev–Trinajstić information content (AvgIpc) is 3.01. The lowest BCUT2D eigenvalue weighted by atomic mass is 10.0. The van der Waals surface area contributed by atoms with Gasteiger partial charge in [-0.15, -0.1) is 0 Å². The van der Waals surface area contributed by atoms with Crippen LogP contribution in [-0.2, 0) is 23.8 Å². The van der Waals surface area contributed by atoms with E-state index in [-0.39, 0.29) is 29.2 Å². The third-order valence-corrected chi connectivity index (χ3v) is 6.43. The number of ether oxygens (including phenoxy) is 6. The van der Waals surface area contributed by atoms with Gasteiger partial charge < -0.3 is 33.7 Å². The lowest BCUT2D eigenvalue weighted by molar-refractivity contribution is -0.159. The van der Waals surface area contributed by atoms with Crippen molar-refractivity contribution in [2.24, 2.45) is 5.92 Å². The van der Waals surface area contributed by atoms with Crippen LogP contribution in [0, 0.1) is 5.92 Å². The zero-order valence-corrected chi connectivity index (χ0v) is 24.3. The molecule has 1 aromatic heterocycles. The van der Waals surface area contributed by atoms with Gasteiger partial charge in [0.1, 0.15) is 17.9 Å². The Morgan fingerprint density at radius 2 is 1.90 bits per heavy atom. The topological polar surface area (TPSA) is 132 Å². The highest BCUT2D eigenvalue weighted by Gasteiger charge is 2.37. The summed E-state index contributed by atoms with van der Waals surface area (Å²) in [5.41, 5.74) is -0.125. The molecule has 2 aromatic rings. The smallest absolute Gasteiger partial charge is 0.329 e. The lowest BCUT2D eigenvalue weighted by Gasteiger charge is -2.31. The number of para-hydroxylation sites is 1. The Kier molecular flexibility index (Phi) is 12.2. The summed E-state index contributed by atoms with van der Waals surface area (Å²) in [4.78, 5) is 42.6. The highest BCUT2D eigenvalue weighted by molar-refractivity contribution is 5.98. The Labute approximate surface area is 240 Å². The lowest BCUT2D eigenvalue weighted by Crippen LogP contribution is -2.46. The summed E-state index contributed by atoms with van der Waals surface area (Å²) in [5, 5.41) is 2.73. The molecule has 0 spiro atoms. The number of hydrogen-bond acceptors (Lipinski definition) is 10.